The predicted molar refractivity (Wildman–Crippen MR) is 83.4 cm³/mol. The summed E-state index contributed by atoms with van der Waals surface area (Å²) in [5, 5.41) is 10.2. The van der Waals surface area contributed by atoms with Crippen LogP contribution in [0.5, 0.6) is 5.75 Å². The van der Waals surface area contributed by atoms with Gasteiger partial charge in [0.05, 0.1) is 0 Å². The lowest BCUT2D eigenvalue weighted by molar-refractivity contribution is 0.343. The fraction of sp³-hybridized carbons (Fsp3) is 0.333. The van der Waals surface area contributed by atoms with Crippen LogP contribution in [0.25, 0.3) is 0 Å². The fourth-order valence-electron chi connectivity index (χ4n) is 3.52. The van der Waals surface area contributed by atoms with Crippen molar-refractivity contribution in [2.24, 2.45) is 0 Å². The zero-order chi connectivity index (χ0) is 14.9. The highest BCUT2D eigenvalue weighted by Crippen LogP contribution is 2.47. The summed E-state index contributed by atoms with van der Waals surface area (Å²) in [5.74, 6) is -0.867. The number of phenolic OH excluding ortho intramolecular Hbond substituents is 1. The van der Waals surface area contributed by atoms with E-state index in [1.807, 2.05) is 30.3 Å². The van der Waals surface area contributed by atoms with Crippen molar-refractivity contribution in [2.75, 3.05) is 0 Å². The third kappa shape index (κ3) is 2.53. The number of hydrogen-bond acceptors (Lipinski definition) is 1. The molecule has 0 spiro atoms. The van der Waals surface area contributed by atoms with Gasteiger partial charge in [-0.15, -0.1) is 0 Å². The second-order valence-electron chi connectivity index (χ2n) is 5.79. The first-order valence-corrected chi connectivity index (χ1v) is 7.75. The summed E-state index contributed by atoms with van der Waals surface area (Å²) in [4.78, 5) is 0. The maximum Gasteiger partial charge on any atom is 0.165 e. The van der Waals surface area contributed by atoms with Crippen molar-refractivity contribution >= 4 is 11.6 Å². The lowest BCUT2D eigenvalue weighted by atomic mass is 9.65. The lowest BCUT2D eigenvalue weighted by Crippen LogP contribution is -2.31. The Balaban J connectivity index is 2.17. The Hall–Kier alpha value is -1.54. The van der Waals surface area contributed by atoms with Gasteiger partial charge in [-0.2, -0.15) is 0 Å². The molecule has 1 saturated carbocycles. The van der Waals surface area contributed by atoms with E-state index in [4.69, 9.17) is 11.6 Å². The molecule has 2 aromatic rings. The molecule has 0 aliphatic heterocycles. The second kappa shape index (κ2) is 5.69. The Bertz CT molecular complexity index is 647. The van der Waals surface area contributed by atoms with Crippen molar-refractivity contribution in [2.45, 2.75) is 37.5 Å². The Morgan fingerprint density at radius 3 is 2.38 bits per heavy atom. The van der Waals surface area contributed by atoms with Gasteiger partial charge in [0, 0.05) is 10.4 Å². The molecule has 3 heteroatoms. The predicted octanol–water partition coefficient (Wildman–Crippen LogP) is 5.43. The van der Waals surface area contributed by atoms with Crippen LogP contribution >= 0.6 is 11.6 Å². The molecule has 1 nitrogen and oxygen atoms in total. The van der Waals surface area contributed by atoms with Gasteiger partial charge in [-0.05, 0) is 42.2 Å². The molecule has 0 bridgehead atoms. The normalized spacial score (nSPS) is 17.6. The quantitative estimate of drug-likeness (QED) is 0.784. The molecular formula is C18H18ClFO. The molecular weight excluding hydrogens is 287 g/mol. The lowest BCUT2D eigenvalue weighted by Gasteiger charge is -2.39. The molecule has 1 aliphatic carbocycles. The monoisotopic (exact) mass is 304 g/mol. The number of phenols is 1. The third-order valence-electron chi connectivity index (χ3n) is 4.60. The molecule has 1 N–H and O–H groups in total. The van der Waals surface area contributed by atoms with Crippen LogP contribution in [-0.2, 0) is 5.41 Å². The van der Waals surface area contributed by atoms with Gasteiger partial charge in [-0.1, -0.05) is 55.1 Å². The first-order valence-electron chi connectivity index (χ1n) is 7.37. The standard InChI is InChI=1S/C18H18ClFO/c19-15-7-3-2-6-14(15)18(10-4-1-5-11-18)13-8-9-17(21)16(20)12-13/h2-3,6-9,12,21H,1,4-5,10-11H2. The van der Waals surface area contributed by atoms with E-state index in [9.17, 15) is 9.50 Å². The van der Waals surface area contributed by atoms with Crippen molar-refractivity contribution < 1.29 is 9.50 Å². The van der Waals surface area contributed by atoms with Crippen molar-refractivity contribution in [3.05, 3.63) is 64.4 Å². The summed E-state index contributed by atoms with van der Waals surface area (Å²) in [6.07, 6.45) is 5.33. The molecule has 110 valence electrons. The van der Waals surface area contributed by atoms with E-state index >= 15 is 0 Å². The average molecular weight is 305 g/mol. The molecule has 0 heterocycles. The van der Waals surface area contributed by atoms with Gasteiger partial charge in [0.1, 0.15) is 0 Å². The van der Waals surface area contributed by atoms with Gasteiger partial charge in [0.25, 0.3) is 0 Å². The van der Waals surface area contributed by atoms with Gasteiger partial charge in [0.15, 0.2) is 11.6 Å². The Kier molecular flexibility index (Phi) is 3.90. The van der Waals surface area contributed by atoms with E-state index in [0.29, 0.717) is 0 Å². The van der Waals surface area contributed by atoms with Crippen LogP contribution in [0.2, 0.25) is 5.02 Å². The molecule has 0 amide bonds. The largest absolute Gasteiger partial charge is 0.505 e. The topological polar surface area (TPSA) is 20.2 Å². The van der Waals surface area contributed by atoms with E-state index in [1.165, 1.54) is 18.6 Å². The van der Waals surface area contributed by atoms with E-state index in [0.717, 1.165) is 41.8 Å². The van der Waals surface area contributed by atoms with E-state index in [1.54, 1.807) is 0 Å². The first kappa shape index (κ1) is 14.4. The minimum absolute atomic E-state index is 0.245. The van der Waals surface area contributed by atoms with E-state index < -0.39 is 5.82 Å². The van der Waals surface area contributed by atoms with Crippen LogP contribution in [0.15, 0.2) is 42.5 Å². The van der Waals surface area contributed by atoms with Crippen molar-refractivity contribution in [3.8, 4) is 5.75 Å². The maximum absolute atomic E-state index is 13.8. The highest BCUT2D eigenvalue weighted by Gasteiger charge is 2.37. The molecule has 1 aliphatic rings. The molecule has 3 rings (SSSR count). The summed E-state index contributed by atoms with van der Waals surface area (Å²) in [7, 11) is 0. The molecule has 0 saturated heterocycles. The highest BCUT2D eigenvalue weighted by atomic mass is 35.5. The van der Waals surface area contributed by atoms with Crippen LogP contribution in [0.1, 0.15) is 43.2 Å². The smallest absolute Gasteiger partial charge is 0.165 e. The summed E-state index contributed by atoms with van der Waals surface area (Å²) in [6.45, 7) is 0. The summed E-state index contributed by atoms with van der Waals surface area (Å²) < 4.78 is 13.8. The van der Waals surface area contributed by atoms with Crippen molar-refractivity contribution in [3.63, 3.8) is 0 Å². The minimum atomic E-state index is -0.565. The Morgan fingerprint density at radius 1 is 1.00 bits per heavy atom. The van der Waals surface area contributed by atoms with Crippen LogP contribution < -0.4 is 0 Å². The SMILES string of the molecule is Oc1ccc(C2(c3ccccc3Cl)CCCCC2)cc1F. The molecule has 0 aromatic heterocycles. The zero-order valence-electron chi connectivity index (χ0n) is 11.8. The third-order valence-corrected chi connectivity index (χ3v) is 4.93. The number of rotatable bonds is 2. The zero-order valence-corrected chi connectivity index (χ0v) is 12.5. The second-order valence-corrected chi connectivity index (χ2v) is 6.20. The molecule has 1 fully saturated rings. The Morgan fingerprint density at radius 2 is 1.71 bits per heavy atom. The van der Waals surface area contributed by atoms with Crippen molar-refractivity contribution in [1.82, 2.24) is 0 Å². The van der Waals surface area contributed by atoms with Crippen LogP contribution in [-0.4, -0.2) is 5.11 Å². The minimum Gasteiger partial charge on any atom is -0.505 e. The van der Waals surface area contributed by atoms with Crippen LogP contribution in [0.4, 0.5) is 4.39 Å². The fourth-order valence-corrected chi connectivity index (χ4v) is 3.84. The maximum atomic E-state index is 13.8. The van der Waals surface area contributed by atoms with Gasteiger partial charge in [0.2, 0.25) is 0 Å². The molecule has 21 heavy (non-hydrogen) atoms. The van der Waals surface area contributed by atoms with Gasteiger partial charge in [-0.3, -0.25) is 0 Å². The van der Waals surface area contributed by atoms with Gasteiger partial charge < -0.3 is 5.11 Å². The van der Waals surface area contributed by atoms with E-state index in [-0.39, 0.29) is 11.2 Å². The van der Waals surface area contributed by atoms with Crippen LogP contribution in [0.3, 0.4) is 0 Å². The average Bonchev–Trinajstić information content (AvgIpc) is 2.51. The molecule has 0 radical (unpaired) electrons. The Labute approximate surface area is 129 Å². The van der Waals surface area contributed by atoms with Gasteiger partial charge >= 0.3 is 0 Å². The number of benzene rings is 2. The summed E-state index contributed by atoms with van der Waals surface area (Å²) in [6, 6.07) is 12.6. The molecule has 0 unspecified atom stereocenters. The van der Waals surface area contributed by atoms with Gasteiger partial charge in [-0.25, -0.2) is 4.39 Å². The molecule has 2 aromatic carbocycles. The number of halogens is 2. The number of hydrogen-bond donors (Lipinski definition) is 1. The highest BCUT2D eigenvalue weighted by molar-refractivity contribution is 6.31. The van der Waals surface area contributed by atoms with Crippen molar-refractivity contribution in [1.29, 1.82) is 0 Å². The first-order chi connectivity index (χ1) is 10.1. The van der Waals surface area contributed by atoms with E-state index in [2.05, 4.69) is 0 Å². The van der Waals surface area contributed by atoms with Crippen LogP contribution in [0, 0.1) is 5.82 Å². The summed E-state index contributed by atoms with van der Waals surface area (Å²) in [5.41, 5.74) is 1.73. The summed E-state index contributed by atoms with van der Waals surface area (Å²) >= 11 is 6.42. The number of aromatic hydroxyl groups is 1. The molecule has 0 atom stereocenters.